The molecule has 1 fully saturated rings. The molecular weight excluding hydrogens is 420 g/mol. The highest BCUT2D eigenvalue weighted by Gasteiger charge is 2.20. The van der Waals surface area contributed by atoms with Crippen LogP contribution >= 0.6 is 0 Å². The second-order valence-electron chi connectivity index (χ2n) is 8.15. The molecule has 5 rings (SSSR count). The molecule has 1 aliphatic carbocycles. The molecule has 9 nitrogen and oxygen atoms in total. The van der Waals surface area contributed by atoms with Gasteiger partial charge >= 0.3 is 0 Å². The number of benzene rings is 2. The molecule has 9 heteroatoms. The number of aliphatic hydroxyl groups excluding tert-OH is 1. The Hall–Kier alpha value is -3.85. The van der Waals surface area contributed by atoms with Gasteiger partial charge < -0.3 is 20.3 Å². The molecule has 1 aliphatic rings. The normalized spacial score (nSPS) is 18.2. The highest BCUT2D eigenvalue weighted by atomic mass is 16.5. The minimum atomic E-state index is -0.287. The van der Waals surface area contributed by atoms with Gasteiger partial charge in [0.1, 0.15) is 0 Å². The van der Waals surface area contributed by atoms with Crippen molar-refractivity contribution in [2.24, 2.45) is 0 Å². The minimum Gasteiger partial charge on any atom is -0.393 e. The zero-order valence-corrected chi connectivity index (χ0v) is 17.9. The Kier molecular flexibility index (Phi) is 5.95. The highest BCUT2D eigenvalue weighted by molar-refractivity contribution is 6.05. The molecule has 168 valence electrons. The smallest absolute Gasteiger partial charge is 0.253 e. The average molecular weight is 444 g/mol. The SMILES string of the molecule is O=C(NCc1nc(-c2ccccc2)no1)c1cccc2cnc(NC3CCC(O)CC3)nc12. The fourth-order valence-corrected chi connectivity index (χ4v) is 3.99. The van der Waals surface area contributed by atoms with E-state index in [1.165, 1.54) is 0 Å². The number of nitrogens with one attached hydrogen (secondary N) is 2. The standard InChI is InChI=1S/C24H24N6O3/c31-18-11-9-17(10-12-18)27-24-26-13-16-7-4-8-19(21(16)29-24)23(32)25-14-20-28-22(30-33-20)15-5-2-1-3-6-15/h1-8,13,17-18,31H,9-12,14H2,(H,25,32)(H,26,27,29). The number of carbonyl (C=O) groups is 1. The Labute approximate surface area is 190 Å². The number of aliphatic hydroxyl groups is 1. The molecular formula is C24H24N6O3. The van der Waals surface area contributed by atoms with Gasteiger partial charge in [-0.25, -0.2) is 9.97 Å². The maximum Gasteiger partial charge on any atom is 0.253 e. The first-order chi connectivity index (χ1) is 16.2. The Morgan fingerprint density at radius 3 is 2.67 bits per heavy atom. The van der Waals surface area contributed by atoms with Crippen LogP contribution in [-0.2, 0) is 6.54 Å². The summed E-state index contributed by atoms with van der Waals surface area (Å²) in [4.78, 5) is 26.3. The van der Waals surface area contributed by atoms with Gasteiger partial charge in [-0.2, -0.15) is 4.98 Å². The monoisotopic (exact) mass is 444 g/mol. The van der Waals surface area contributed by atoms with Crippen molar-refractivity contribution in [2.45, 2.75) is 44.4 Å². The number of aromatic nitrogens is 4. The number of amides is 1. The van der Waals surface area contributed by atoms with Gasteiger partial charge in [-0.15, -0.1) is 0 Å². The zero-order valence-electron chi connectivity index (χ0n) is 17.9. The van der Waals surface area contributed by atoms with Crippen molar-refractivity contribution in [1.29, 1.82) is 0 Å². The lowest BCUT2D eigenvalue weighted by molar-refractivity contribution is 0.0947. The summed E-state index contributed by atoms with van der Waals surface area (Å²) in [6, 6.07) is 15.1. The molecule has 33 heavy (non-hydrogen) atoms. The van der Waals surface area contributed by atoms with E-state index < -0.39 is 0 Å². The van der Waals surface area contributed by atoms with E-state index in [1.54, 1.807) is 18.3 Å². The Morgan fingerprint density at radius 1 is 1.03 bits per heavy atom. The molecule has 2 heterocycles. The molecule has 0 atom stereocenters. The summed E-state index contributed by atoms with van der Waals surface area (Å²) in [6.07, 6.45) is 4.74. The van der Waals surface area contributed by atoms with Crippen molar-refractivity contribution < 1.29 is 14.4 Å². The Bertz CT molecular complexity index is 1250. The summed E-state index contributed by atoms with van der Waals surface area (Å²) in [7, 11) is 0. The van der Waals surface area contributed by atoms with Crippen LogP contribution in [0.5, 0.6) is 0 Å². The maximum atomic E-state index is 12.9. The number of hydrogen-bond acceptors (Lipinski definition) is 8. The van der Waals surface area contributed by atoms with Crippen molar-refractivity contribution in [3.8, 4) is 11.4 Å². The summed E-state index contributed by atoms with van der Waals surface area (Å²) < 4.78 is 5.27. The predicted molar refractivity (Wildman–Crippen MR) is 122 cm³/mol. The average Bonchev–Trinajstić information content (AvgIpc) is 3.33. The van der Waals surface area contributed by atoms with Crippen molar-refractivity contribution in [3.05, 3.63) is 66.2 Å². The van der Waals surface area contributed by atoms with Crippen molar-refractivity contribution in [1.82, 2.24) is 25.4 Å². The number of carbonyl (C=O) groups excluding carboxylic acids is 1. The molecule has 0 radical (unpaired) electrons. The fourth-order valence-electron chi connectivity index (χ4n) is 3.99. The summed E-state index contributed by atoms with van der Waals surface area (Å²) in [5.74, 6) is 0.988. The first-order valence-corrected chi connectivity index (χ1v) is 11.0. The molecule has 4 aromatic rings. The van der Waals surface area contributed by atoms with Gasteiger partial charge in [0, 0.05) is 23.2 Å². The molecule has 3 N–H and O–H groups in total. The first-order valence-electron chi connectivity index (χ1n) is 11.0. The lowest BCUT2D eigenvalue weighted by Gasteiger charge is -2.26. The molecule has 0 bridgehead atoms. The van der Waals surface area contributed by atoms with Gasteiger partial charge in [0.25, 0.3) is 5.91 Å². The van der Waals surface area contributed by atoms with E-state index in [1.807, 2.05) is 36.4 Å². The third-order valence-corrected chi connectivity index (χ3v) is 5.79. The number of nitrogens with zero attached hydrogens (tertiary/aromatic N) is 4. The molecule has 1 amide bonds. The quantitative estimate of drug-likeness (QED) is 0.413. The molecule has 2 aromatic carbocycles. The lowest BCUT2D eigenvalue weighted by atomic mass is 9.93. The number of para-hydroxylation sites is 1. The fraction of sp³-hybridized carbons (Fsp3) is 0.292. The van der Waals surface area contributed by atoms with E-state index in [4.69, 9.17) is 4.52 Å². The van der Waals surface area contributed by atoms with Gasteiger partial charge in [-0.3, -0.25) is 4.79 Å². The van der Waals surface area contributed by atoms with Crippen LogP contribution in [0.15, 0.2) is 59.3 Å². The topological polar surface area (TPSA) is 126 Å². The van der Waals surface area contributed by atoms with Gasteiger partial charge in [-0.05, 0) is 31.7 Å². The van der Waals surface area contributed by atoms with Crippen molar-refractivity contribution in [2.75, 3.05) is 5.32 Å². The van der Waals surface area contributed by atoms with E-state index in [9.17, 15) is 9.90 Å². The van der Waals surface area contributed by atoms with Gasteiger partial charge in [0.2, 0.25) is 17.7 Å². The van der Waals surface area contributed by atoms with E-state index >= 15 is 0 Å². The third kappa shape index (κ3) is 4.83. The molecule has 1 saturated carbocycles. The van der Waals surface area contributed by atoms with Crippen LogP contribution in [0.4, 0.5) is 5.95 Å². The second kappa shape index (κ2) is 9.33. The summed E-state index contributed by atoms with van der Waals surface area (Å²) in [5.41, 5.74) is 1.86. The predicted octanol–water partition coefficient (Wildman–Crippen LogP) is 3.33. The van der Waals surface area contributed by atoms with E-state index in [-0.39, 0.29) is 24.6 Å². The maximum absolute atomic E-state index is 12.9. The number of anilines is 1. The lowest BCUT2D eigenvalue weighted by Crippen LogP contribution is -2.29. The van der Waals surface area contributed by atoms with Crippen LogP contribution in [0.2, 0.25) is 0 Å². The largest absolute Gasteiger partial charge is 0.393 e. The summed E-state index contributed by atoms with van der Waals surface area (Å²) in [6.45, 7) is 0.107. The van der Waals surface area contributed by atoms with E-state index in [2.05, 4.69) is 30.7 Å². The minimum absolute atomic E-state index is 0.107. The number of fused-ring (bicyclic) bond motifs is 1. The van der Waals surface area contributed by atoms with Crippen LogP contribution in [0.1, 0.15) is 41.9 Å². The third-order valence-electron chi connectivity index (χ3n) is 5.79. The van der Waals surface area contributed by atoms with Crippen LogP contribution < -0.4 is 10.6 Å². The van der Waals surface area contributed by atoms with Gasteiger partial charge in [0.15, 0.2) is 0 Å². The van der Waals surface area contributed by atoms with E-state index in [0.717, 1.165) is 36.6 Å². The van der Waals surface area contributed by atoms with E-state index in [0.29, 0.717) is 28.7 Å². The van der Waals surface area contributed by atoms with Crippen LogP contribution in [0, 0.1) is 0 Å². The number of hydrogen-bond donors (Lipinski definition) is 3. The number of rotatable bonds is 6. The first kappa shape index (κ1) is 21.0. The van der Waals surface area contributed by atoms with Gasteiger partial charge in [-0.1, -0.05) is 47.6 Å². The Balaban J connectivity index is 1.29. The highest BCUT2D eigenvalue weighted by Crippen LogP contribution is 2.23. The molecule has 0 aliphatic heterocycles. The molecule has 2 aromatic heterocycles. The molecule has 0 spiro atoms. The van der Waals surface area contributed by atoms with Crippen molar-refractivity contribution in [3.63, 3.8) is 0 Å². The molecule has 0 unspecified atom stereocenters. The second-order valence-corrected chi connectivity index (χ2v) is 8.15. The summed E-state index contributed by atoms with van der Waals surface area (Å²) >= 11 is 0. The van der Waals surface area contributed by atoms with Gasteiger partial charge in [0.05, 0.1) is 23.7 Å². The van der Waals surface area contributed by atoms with Crippen LogP contribution in [0.3, 0.4) is 0 Å². The van der Waals surface area contributed by atoms with Crippen LogP contribution in [0.25, 0.3) is 22.3 Å². The van der Waals surface area contributed by atoms with Crippen LogP contribution in [-0.4, -0.2) is 43.3 Å². The summed E-state index contributed by atoms with van der Waals surface area (Å²) in [5, 5.41) is 20.6. The Morgan fingerprint density at radius 2 is 1.85 bits per heavy atom. The zero-order chi connectivity index (χ0) is 22.6. The van der Waals surface area contributed by atoms with Crippen molar-refractivity contribution >= 4 is 22.8 Å². The molecule has 0 saturated heterocycles.